The summed E-state index contributed by atoms with van der Waals surface area (Å²) in [4.78, 5) is 31.8. The Bertz CT molecular complexity index is 426. The third-order valence-corrected chi connectivity index (χ3v) is 5.40. The number of carbonyl (C=O) groups excluding carboxylic acids is 2. The van der Waals surface area contributed by atoms with Crippen molar-refractivity contribution in [1.29, 1.82) is 0 Å². The molecule has 0 aromatic heterocycles. The molecule has 3 saturated heterocycles. The Balaban J connectivity index is 1.84. The van der Waals surface area contributed by atoms with Crippen LogP contribution in [0.4, 0.5) is 0 Å². The van der Waals surface area contributed by atoms with Gasteiger partial charge in [-0.15, -0.1) is 0 Å². The summed E-state index contributed by atoms with van der Waals surface area (Å²) in [6.07, 6.45) is 4.72. The quantitative estimate of drug-likeness (QED) is 0.782. The van der Waals surface area contributed by atoms with Crippen LogP contribution in [0.2, 0.25) is 0 Å². The number of fused-ring (bicyclic) bond motifs is 1. The van der Waals surface area contributed by atoms with Crippen LogP contribution in [0.15, 0.2) is 0 Å². The number of likely N-dealkylation sites (N-methyl/N-ethyl adjacent to an activating group) is 1. The van der Waals surface area contributed by atoms with Crippen molar-refractivity contribution in [2.24, 2.45) is 0 Å². The van der Waals surface area contributed by atoms with Crippen LogP contribution in [-0.4, -0.2) is 70.8 Å². The van der Waals surface area contributed by atoms with Gasteiger partial charge in [0.1, 0.15) is 12.1 Å². The first kappa shape index (κ1) is 14.8. The van der Waals surface area contributed by atoms with Gasteiger partial charge in [-0.2, -0.15) is 0 Å². The lowest BCUT2D eigenvalue weighted by molar-refractivity contribution is -0.163. The van der Waals surface area contributed by atoms with Crippen molar-refractivity contribution < 1.29 is 9.59 Å². The summed E-state index contributed by atoms with van der Waals surface area (Å²) in [6.45, 7) is 8.04. The highest BCUT2D eigenvalue weighted by molar-refractivity contribution is 5.97. The largest absolute Gasteiger partial charge is 0.329 e. The van der Waals surface area contributed by atoms with Crippen LogP contribution in [-0.2, 0) is 9.59 Å². The van der Waals surface area contributed by atoms with Gasteiger partial charge in [-0.25, -0.2) is 0 Å². The monoisotopic (exact) mass is 293 g/mol. The van der Waals surface area contributed by atoms with Crippen molar-refractivity contribution >= 4 is 11.8 Å². The number of hydrogen-bond donors (Lipinski definition) is 0. The number of carbonyl (C=O) groups is 2. The average Bonchev–Trinajstić information content (AvgIpc) is 3.00. The van der Waals surface area contributed by atoms with Gasteiger partial charge >= 0.3 is 0 Å². The van der Waals surface area contributed by atoms with E-state index < -0.39 is 0 Å². The van der Waals surface area contributed by atoms with E-state index in [4.69, 9.17) is 0 Å². The fourth-order valence-electron chi connectivity index (χ4n) is 4.27. The van der Waals surface area contributed by atoms with Gasteiger partial charge in [-0.05, 0) is 45.2 Å². The molecular formula is C16H27N3O2. The number of rotatable bonds is 3. The normalized spacial score (nSPS) is 34.5. The molecule has 0 aromatic rings. The molecule has 118 valence electrons. The van der Waals surface area contributed by atoms with Crippen molar-refractivity contribution in [3.63, 3.8) is 0 Å². The summed E-state index contributed by atoms with van der Waals surface area (Å²) in [6, 6.07) is -0.172. The zero-order valence-electron chi connectivity index (χ0n) is 13.3. The number of piperidine rings is 1. The molecule has 0 aromatic carbocycles. The fourth-order valence-corrected chi connectivity index (χ4v) is 4.27. The zero-order chi connectivity index (χ0) is 15.0. The SMILES string of the molecule is CCC1C(=O)N2CCCC2C(=O)N1C1CCCN(CC)C1. The molecule has 3 fully saturated rings. The Morgan fingerprint density at radius 1 is 1.05 bits per heavy atom. The Kier molecular flexibility index (Phi) is 4.20. The van der Waals surface area contributed by atoms with Gasteiger partial charge in [0.15, 0.2) is 0 Å². The van der Waals surface area contributed by atoms with Crippen LogP contribution >= 0.6 is 0 Å². The van der Waals surface area contributed by atoms with Gasteiger partial charge in [-0.3, -0.25) is 9.59 Å². The predicted molar refractivity (Wildman–Crippen MR) is 80.8 cm³/mol. The molecule has 5 heteroatoms. The topological polar surface area (TPSA) is 43.9 Å². The second-order valence-corrected chi connectivity index (χ2v) is 6.55. The van der Waals surface area contributed by atoms with E-state index in [9.17, 15) is 9.59 Å². The van der Waals surface area contributed by atoms with Crippen LogP contribution in [0.3, 0.4) is 0 Å². The summed E-state index contributed by atoms with van der Waals surface area (Å²) in [5, 5.41) is 0. The molecule has 0 aliphatic carbocycles. The highest BCUT2D eigenvalue weighted by Crippen LogP contribution is 2.31. The summed E-state index contributed by atoms with van der Waals surface area (Å²) in [7, 11) is 0. The van der Waals surface area contributed by atoms with Gasteiger partial charge in [0, 0.05) is 19.1 Å². The van der Waals surface area contributed by atoms with Crippen LogP contribution < -0.4 is 0 Å². The lowest BCUT2D eigenvalue weighted by atomic mass is 9.96. The number of piperazine rings is 1. The van der Waals surface area contributed by atoms with Gasteiger partial charge in [0.2, 0.25) is 11.8 Å². The van der Waals surface area contributed by atoms with Crippen molar-refractivity contribution in [3.05, 3.63) is 0 Å². The molecule has 3 aliphatic rings. The number of likely N-dealkylation sites (tertiary alicyclic amines) is 1. The minimum atomic E-state index is -0.228. The van der Waals surface area contributed by atoms with Gasteiger partial charge in [-0.1, -0.05) is 13.8 Å². The Morgan fingerprint density at radius 3 is 2.52 bits per heavy atom. The second kappa shape index (κ2) is 5.95. The van der Waals surface area contributed by atoms with Gasteiger partial charge in [0.25, 0.3) is 0 Å². The first-order valence-corrected chi connectivity index (χ1v) is 8.52. The Labute approximate surface area is 127 Å². The molecule has 21 heavy (non-hydrogen) atoms. The smallest absolute Gasteiger partial charge is 0.246 e. The van der Waals surface area contributed by atoms with Crippen molar-refractivity contribution in [1.82, 2.24) is 14.7 Å². The van der Waals surface area contributed by atoms with Crippen molar-refractivity contribution in [2.45, 2.75) is 64.1 Å². The third kappa shape index (κ3) is 2.45. The summed E-state index contributed by atoms with van der Waals surface area (Å²) in [5.41, 5.74) is 0. The van der Waals surface area contributed by atoms with Crippen molar-refractivity contribution in [3.8, 4) is 0 Å². The van der Waals surface area contributed by atoms with E-state index in [-0.39, 0.29) is 29.9 Å². The molecule has 3 heterocycles. The van der Waals surface area contributed by atoms with Gasteiger partial charge in [0.05, 0.1) is 0 Å². The van der Waals surface area contributed by atoms with E-state index in [0.29, 0.717) is 0 Å². The highest BCUT2D eigenvalue weighted by Gasteiger charge is 2.49. The summed E-state index contributed by atoms with van der Waals surface area (Å²) in [5.74, 6) is 0.398. The summed E-state index contributed by atoms with van der Waals surface area (Å²) >= 11 is 0. The minimum absolute atomic E-state index is 0.169. The third-order valence-electron chi connectivity index (χ3n) is 5.40. The van der Waals surface area contributed by atoms with Crippen LogP contribution in [0.1, 0.15) is 46.0 Å². The molecule has 0 spiro atoms. The van der Waals surface area contributed by atoms with E-state index in [1.165, 1.54) is 0 Å². The fraction of sp³-hybridized carbons (Fsp3) is 0.875. The number of amides is 2. The molecule has 3 rings (SSSR count). The Morgan fingerprint density at radius 2 is 1.81 bits per heavy atom. The van der Waals surface area contributed by atoms with Crippen LogP contribution in [0.5, 0.6) is 0 Å². The van der Waals surface area contributed by atoms with E-state index in [0.717, 1.165) is 58.3 Å². The molecule has 5 nitrogen and oxygen atoms in total. The first-order chi connectivity index (χ1) is 10.2. The van der Waals surface area contributed by atoms with E-state index >= 15 is 0 Å². The molecule has 0 saturated carbocycles. The zero-order valence-corrected chi connectivity index (χ0v) is 13.3. The van der Waals surface area contributed by atoms with Crippen molar-refractivity contribution in [2.75, 3.05) is 26.2 Å². The molecule has 0 radical (unpaired) electrons. The molecule has 2 amide bonds. The van der Waals surface area contributed by atoms with E-state index in [2.05, 4.69) is 11.8 Å². The number of hydrogen-bond acceptors (Lipinski definition) is 3. The molecule has 0 bridgehead atoms. The average molecular weight is 293 g/mol. The van der Waals surface area contributed by atoms with Gasteiger partial charge < -0.3 is 14.7 Å². The van der Waals surface area contributed by atoms with E-state index in [1.54, 1.807) is 0 Å². The maximum Gasteiger partial charge on any atom is 0.246 e. The van der Waals surface area contributed by atoms with E-state index in [1.807, 2.05) is 16.7 Å². The second-order valence-electron chi connectivity index (χ2n) is 6.55. The molecule has 3 atom stereocenters. The van der Waals surface area contributed by atoms with Crippen LogP contribution in [0.25, 0.3) is 0 Å². The predicted octanol–water partition coefficient (Wildman–Crippen LogP) is 1.08. The molecular weight excluding hydrogens is 266 g/mol. The standard InChI is InChI=1S/C16H27N3O2/c1-3-13-15(20)18-10-6-8-14(18)16(21)19(13)12-7-5-9-17(4-2)11-12/h12-14H,3-11H2,1-2H3. The molecule has 0 N–H and O–H groups in total. The lowest BCUT2D eigenvalue weighted by Gasteiger charge is -2.48. The number of nitrogens with zero attached hydrogens (tertiary/aromatic N) is 3. The highest BCUT2D eigenvalue weighted by atomic mass is 16.2. The maximum absolute atomic E-state index is 12.9. The molecule has 3 unspecified atom stereocenters. The molecule has 3 aliphatic heterocycles. The first-order valence-electron chi connectivity index (χ1n) is 8.52. The minimum Gasteiger partial charge on any atom is -0.329 e. The Hall–Kier alpha value is -1.10. The van der Waals surface area contributed by atoms with Crippen LogP contribution in [0, 0.1) is 0 Å². The maximum atomic E-state index is 12.9. The lowest BCUT2D eigenvalue weighted by Crippen LogP contribution is -2.66. The summed E-state index contributed by atoms with van der Waals surface area (Å²) < 4.78 is 0.